The predicted octanol–water partition coefficient (Wildman–Crippen LogP) is 4.25. The number of rotatable bonds is 9. The average Bonchev–Trinajstić information content (AvgIpc) is 2.93. The Bertz CT molecular complexity index is 1300. The highest BCUT2D eigenvalue weighted by Gasteiger charge is 2.34. The van der Waals surface area contributed by atoms with E-state index in [1.807, 2.05) is 99.4 Å². The molecule has 1 saturated heterocycles. The Kier molecular flexibility index (Phi) is 9.45. The van der Waals surface area contributed by atoms with Crippen LogP contribution in [0.1, 0.15) is 43.8 Å². The van der Waals surface area contributed by atoms with E-state index in [0.717, 1.165) is 34.8 Å². The highest BCUT2D eigenvalue weighted by atomic mass is 31.1. The second-order valence-electron chi connectivity index (χ2n) is 10.2. The van der Waals surface area contributed by atoms with Crippen molar-refractivity contribution in [3.8, 4) is 0 Å². The summed E-state index contributed by atoms with van der Waals surface area (Å²) in [7, 11) is 2.07. The summed E-state index contributed by atoms with van der Waals surface area (Å²) in [6, 6.07) is 21.0. The zero-order chi connectivity index (χ0) is 28.1. The van der Waals surface area contributed by atoms with E-state index in [1.54, 1.807) is 0 Å². The maximum absolute atomic E-state index is 14.4. The third-order valence-electron chi connectivity index (χ3n) is 7.53. The van der Waals surface area contributed by atoms with E-state index in [-0.39, 0.29) is 17.7 Å². The molecule has 0 spiro atoms. The topological polar surface area (TPSA) is 66.9 Å². The molecule has 3 aromatic carbocycles. The van der Waals surface area contributed by atoms with Crippen LogP contribution in [0.4, 0.5) is 0 Å². The smallest absolute Gasteiger partial charge is 0.323 e. The Morgan fingerprint density at radius 3 is 1.85 bits per heavy atom. The van der Waals surface area contributed by atoms with Gasteiger partial charge in [0, 0.05) is 51.6 Å². The van der Waals surface area contributed by atoms with Gasteiger partial charge in [0.1, 0.15) is 6.04 Å². The van der Waals surface area contributed by atoms with Crippen molar-refractivity contribution in [2.24, 2.45) is 0 Å². The number of nitrogens with zero attached hydrogens (tertiary/aromatic N) is 2. The van der Waals surface area contributed by atoms with Crippen LogP contribution in [0.15, 0.2) is 66.7 Å². The lowest BCUT2D eigenvalue weighted by molar-refractivity contribution is -0.147. The van der Waals surface area contributed by atoms with Crippen LogP contribution < -0.4 is 10.6 Å². The van der Waals surface area contributed by atoms with Gasteiger partial charge in [-0.25, -0.2) is 0 Å². The quantitative estimate of drug-likeness (QED) is 0.228. The van der Waals surface area contributed by atoms with Crippen LogP contribution in [0, 0.1) is 20.8 Å². The number of Topliss-reactive ketones (excluding diaryl/α,β-unsaturated/α-hetero) is 1. The molecule has 6 nitrogen and oxygen atoms in total. The van der Waals surface area contributed by atoms with E-state index in [9.17, 15) is 14.4 Å². The summed E-state index contributed by atoms with van der Waals surface area (Å²) >= 11 is 0. The van der Waals surface area contributed by atoms with E-state index >= 15 is 0 Å². The van der Waals surface area contributed by atoms with Crippen molar-refractivity contribution >= 4 is 35.8 Å². The van der Waals surface area contributed by atoms with Gasteiger partial charge in [-0.1, -0.05) is 66.7 Å². The van der Waals surface area contributed by atoms with Crippen molar-refractivity contribution in [1.82, 2.24) is 9.80 Å². The maximum Gasteiger partial charge on any atom is 0.323 e. The summed E-state index contributed by atoms with van der Waals surface area (Å²) in [4.78, 5) is 45.3. The number of carbonyl (C=O) groups is 3. The van der Waals surface area contributed by atoms with Crippen molar-refractivity contribution in [3.05, 3.63) is 94.5 Å². The Hall–Kier alpha value is -3.18. The number of hydrogen-bond donors (Lipinski definition) is 0. The Morgan fingerprint density at radius 2 is 1.33 bits per heavy atom. The molecule has 3 aromatic rings. The second-order valence-corrected chi connectivity index (χ2v) is 12.3. The van der Waals surface area contributed by atoms with Gasteiger partial charge in [0.05, 0.1) is 7.11 Å². The van der Waals surface area contributed by atoms with Gasteiger partial charge in [-0.05, 0) is 55.1 Å². The van der Waals surface area contributed by atoms with Crippen LogP contribution in [0.2, 0.25) is 0 Å². The number of piperazine rings is 1. The SMILES string of the molecule is COC(=O)C(CC(=O)c1c(C)cc(C)c(C(=O)P(c2ccccc2)c2ccccc2)c1C)N1CCN(C)CC1. The molecule has 0 bridgehead atoms. The van der Waals surface area contributed by atoms with Crippen molar-refractivity contribution in [2.75, 3.05) is 40.3 Å². The summed E-state index contributed by atoms with van der Waals surface area (Å²) in [5.74, 6) is -0.541. The summed E-state index contributed by atoms with van der Waals surface area (Å²) < 4.78 is 5.10. The van der Waals surface area contributed by atoms with Crippen molar-refractivity contribution in [3.63, 3.8) is 0 Å². The molecular weight excluding hydrogens is 507 g/mol. The van der Waals surface area contributed by atoms with Crippen molar-refractivity contribution < 1.29 is 19.1 Å². The third-order valence-corrected chi connectivity index (χ3v) is 9.79. The zero-order valence-electron chi connectivity index (χ0n) is 23.4. The number of aryl methyl sites for hydroxylation is 2. The Labute approximate surface area is 232 Å². The molecule has 1 heterocycles. The molecule has 1 fully saturated rings. The Balaban J connectivity index is 1.73. The van der Waals surface area contributed by atoms with E-state index in [1.165, 1.54) is 7.11 Å². The number of methoxy groups -OCH3 is 1. The molecule has 1 atom stereocenters. The number of esters is 1. The van der Waals surface area contributed by atoms with Crippen LogP contribution in [0.5, 0.6) is 0 Å². The van der Waals surface area contributed by atoms with Crippen molar-refractivity contribution in [2.45, 2.75) is 33.2 Å². The van der Waals surface area contributed by atoms with Gasteiger partial charge in [-0.15, -0.1) is 0 Å². The first-order valence-electron chi connectivity index (χ1n) is 13.3. The molecule has 7 heteroatoms. The number of carbonyl (C=O) groups excluding carboxylic acids is 3. The number of hydrogen-bond acceptors (Lipinski definition) is 6. The lowest BCUT2D eigenvalue weighted by Crippen LogP contribution is -2.52. The first-order valence-corrected chi connectivity index (χ1v) is 14.7. The highest BCUT2D eigenvalue weighted by molar-refractivity contribution is 7.88. The first kappa shape index (κ1) is 28.8. The second kappa shape index (κ2) is 12.8. The largest absolute Gasteiger partial charge is 0.468 e. The standard InChI is InChI=1S/C32H37N2O4P/c1-22-20-23(2)30(32(37)39(25-12-8-6-9-13-25)26-14-10-7-11-15-26)24(3)29(22)28(35)21-27(31(36)38-5)34-18-16-33(4)17-19-34/h6-15,20,27H,16-19,21H2,1-5H3. The fraction of sp³-hybridized carbons (Fsp3) is 0.344. The fourth-order valence-electron chi connectivity index (χ4n) is 5.50. The van der Waals surface area contributed by atoms with Crippen LogP contribution in [-0.2, 0) is 9.53 Å². The van der Waals surface area contributed by atoms with Crippen LogP contribution in [-0.4, -0.2) is 73.5 Å². The van der Waals surface area contributed by atoms with Crippen molar-refractivity contribution in [1.29, 1.82) is 0 Å². The summed E-state index contributed by atoms with van der Waals surface area (Å²) in [6.07, 6.45) is 0.0148. The lowest BCUT2D eigenvalue weighted by Gasteiger charge is -2.36. The monoisotopic (exact) mass is 544 g/mol. The van der Waals surface area contributed by atoms with E-state index < -0.39 is 19.9 Å². The molecular formula is C32H37N2O4P. The molecule has 0 aliphatic carbocycles. The minimum absolute atomic E-state index is 0.0148. The van der Waals surface area contributed by atoms with Gasteiger partial charge >= 0.3 is 5.97 Å². The zero-order valence-corrected chi connectivity index (χ0v) is 24.3. The van der Waals surface area contributed by atoms with Gasteiger partial charge in [0.25, 0.3) is 0 Å². The molecule has 0 aromatic heterocycles. The van der Waals surface area contributed by atoms with Crippen LogP contribution in [0.3, 0.4) is 0 Å². The molecule has 4 rings (SSSR count). The normalized spacial score (nSPS) is 15.2. The molecule has 0 amide bonds. The van der Waals surface area contributed by atoms with Crippen LogP contribution in [0.25, 0.3) is 0 Å². The number of benzene rings is 3. The lowest BCUT2D eigenvalue weighted by atomic mass is 9.89. The van der Waals surface area contributed by atoms with E-state index in [2.05, 4.69) is 4.90 Å². The summed E-state index contributed by atoms with van der Waals surface area (Å²) in [5.41, 5.74) is 3.51. The summed E-state index contributed by atoms with van der Waals surface area (Å²) in [6.45, 7) is 8.74. The molecule has 0 saturated carbocycles. The maximum atomic E-state index is 14.4. The van der Waals surface area contributed by atoms with Gasteiger partial charge in [-0.2, -0.15) is 0 Å². The minimum Gasteiger partial charge on any atom is -0.468 e. The van der Waals surface area contributed by atoms with Gasteiger partial charge in [0.15, 0.2) is 11.3 Å². The molecule has 39 heavy (non-hydrogen) atoms. The fourth-order valence-corrected chi connectivity index (χ4v) is 7.78. The number of ketones is 1. The number of ether oxygens (including phenoxy) is 1. The first-order chi connectivity index (χ1) is 18.7. The minimum atomic E-state index is -1.34. The third kappa shape index (κ3) is 6.36. The predicted molar refractivity (Wildman–Crippen MR) is 158 cm³/mol. The van der Waals surface area contributed by atoms with Crippen LogP contribution >= 0.6 is 7.92 Å². The van der Waals surface area contributed by atoms with Gasteiger partial charge < -0.3 is 9.64 Å². The number of likely N-dealkylation sites (N-methyl/N-ethyl adjacent to an activating group) is 1. The van der Waals surface area contributed by atoms with Gasteiger partial charge in [-0.3, -0.25) is 19.3 Å². The molecule has 1 aliphatic rings. The average molecular weight is 545 g/mol. The van der Waals surface area contributed by atoms with E-state index in [4.69, 9.17) is 4.74 Å². The molecule has 0 radical (unpaired) electrons. The molecule has 204 valence electrons. The Morgan fingerprint density at radius 1 is 0.821 bits per heavy atom. The highest BCUT2D eigenvalue weighted by Crippen LogP contribution is 2.40. The molecule has 1 aliphatic heterocycles. The van der Waals surface area contributed by atoms with Gasteiger partial charge in [0.2, 0.25) is 0 Å². The molecule has 1 unspecified atom stereocenters. The van der Waals surface area contributed by atoms with E-state index in [0.29, 0.717) is 29.8 Å². The molecule has 0 N–H and O–H groups in total. The summed E-state index contributed by atoms with van der Waals surface area (Å²) in [5, 5.41) is 1.94.